The molecule has 0 spiro atoms. The summed E-state index contributed by atoms with van der Waals surface area (Å²) < 4.78 is 25.5. The molecule has 0 N–H and O–H groups in total. The smallest absolute Gasteiger partial charge is 0.266 e. The van der Waals surface area contributed by atoms with Crippen molar-refractivity contribution in [1.29, 1.82) is 0 Å². The molecule has 2 aromatic carbocycles. The summed E-state index contributed by atoms with van der Waals surface area (Å²) in [5.74, 6) is 0. The number of anilines is 1. The zero-order valence-electron chi connectivity index (χ0n) is 12.7. The van der Waals surface area contributed by atoms with Crippen molar-refractivity contribution in [2.24, 2.45) is 0 Å². The summed E-state index contributed by atoms with van der Waals surface area (Å²) in [5.41, 5.74) is 1.03. The van der Waals surface area contributed by atoms with Crippen molar-refractivity contribution in [2.75, 3.05) is 16.8 Å². The highest BCUT2D eigenvalue weighted by Crippen LogP contribution is 2.26. The summed E-state index contributed by atoms with van der Waals surface area (Å²) in [6.07, 6.45) is 3.03. The van der Waals surface area contributed by atoms with Crippen molar-refractivity contribution in [3.8, 4) is 0 Å². The lowest BCUT2D eigenvalue weighted by molar-refractivity contribution is -0.384. The lowest BCUT2D eigenvalue weighted by atomic mass is 10.2. The van der Waals surface area contributed by atoms with Gasteiger partial charge in [-0.2, -0.15) is 0 Å². The average Bonchev–Trinajstić information content (AvgIpc) is 2.52. The van der Waals surface area contributed by atoms with Gasteiger partial charge in [-0.25, -0.2) is 8.42 Å². The number of nitrogens with zero attached hydrogens (tertiary/aromatic N) is 2. The van der Waals surface area contributed by atoms with E-state index in [0.29, 0.717) is 11.3 Å². The second-order valence-corrected chi connectivity index (χ2v) is 7.68. The van der Waals surface area contributed by atoms with Crippen LogP contribution in [0.4, 0.5) is 11.4 Å². The Balaban J connectivity index is 2.41. The molecule has 6 nitrogen and oxygen atoms in total. The number of rotatable bonds is 6. The molecule has 0 radical (unpaired) electrons. The fourth-order valence-electron chi connectivity index (χ4n) is 2.10. The Morgan fingerprint density at radius 2 is 1.87 bits per heavy atom. The number of nitro groups is 1. The van der Waals surface area contributed by atoms with E-state index < -0.39 is 14.9 Å². The Labute approximate surface area is 139 Å². The third-order valence-corrected chi connectivity index (χ3v) is 5.06. The first-order chi connectivity index (χ1) is 10.8. The Bertz CT molecular complexity index is 822. The third kappa shape index (κ3) is 4.46. The normalized spacial score (nSPS) is 11.2. The topological polar surface area (TPSA) is 80.5 Å². The maximum atomic E-state index is 12.1. The average molecular weight is 352 g/mol. The molecule has 122 valence electrons. The first kappa shape index (κ1) is 17.3. The van der Waals surface area contributed by atoms with E-state index in [0.717, 1.165) is 11.2 Å². The molecule has 2 rings (SSSR count). The summed E-state index contributed by atoms with van der Waals surface area (Å²) in [6.45, 7) is 0.0400. The molecular formula is C15H16N2O4S2. The van der Waals surface area contributed by atoms with Gasteiger partial charge >= 0.3 is 0 Å². The minimum Gasteiger partial charge on any atom is -0.266 e. The van der Waals surface area contributed by atoms with Crippen LogP contribution in [0.1, 0.15) is 5.56 Å². The van der Waals surface area contributed by atoms with E-state index in [2.05, 4.69) is 0 Å². The zero-order chi connectivity index (χ0) is 17.0. The predicted octanol–water partition coefficient (Wildman–Crippen LogP) is 3.28. The Morgan fingerprint density at radius 1 is 1.17 bits per heavy atom. The van der Waals surface area contributed by atoms with Crippen molar-refractivity contribution in [3.63, 3.8) is 0 Å². The van der Waals surface area contributed by atoms with Crippen molar-refractivity contribution in [1.82, 2.24) is 0 Å². The first-order valence-corrected chi connectivity index (χ1v) is 9.73. The largest absolute Gasteiger partial charge is 0.269 e. The second kappa shape index (κ2) is 7.01. The summed E-state index contributed by atoms with van der Waals surface area (Å²) in [4.78, 5) is 11.3. The molecule has 0 unspecified atom stereocenters. The minimum atomic E-state index is -3.52. The van der Waals surface area contributed by atoms with Gasteiger partial charge in [0, 0.05) is 17.0 Å². The van der Waals surface area contributed by atoms with Crippen LogP contribution in [0.25, 0.3) is 0 Å². The van der Waals surface area contributed by atoms with Gasteiger partial charge in [-0.05, 0) is 30.0 Å². The zero-order valence-corrected chi connectivity index (χ0v) is 14.3. The van der Waals surface area contributed by atoms with Gasteiger partial charge < -0.3 is 0 Å². The summed E-state index contributed by atoms with van der Waals surface area (Å²) >= 11 is 1.51. The molecule has 0 aliphatic heterocycles. The SMILES string of the molecule is CSc1cccc(N(Cc2cccc([N+](=O)[O-])c2)S(C)(=O)=O)c1. The fourth-order valence-corrected chi connectivity index (χ4v) is 3.43. The number of sulfonamides is 1. The van der Waals surface area contributed by atoms with Gasteiger partial charge in [0.15, 0.2) is 0 Å². The van der Waals surface area contributed by atoms with E-state index in [4.69, 9.17) is 0 Å². The number of thioether (sulfide) groups is 1. The van der Waals surface area contributed by atoms with Crippen molar-refractivity contribution < 1.29 is 13.3 Å². The van der Waals surface area contributed by atoms with E-state index in [-0.39, 0.29) is 12.2 Å². The third-order valence-electron chi connectivity index (χ3n) is 3.19. The Kier molecular flexibility index (Phi) is 5.27. The van der Waals surface area contributed by atoms with Gasteiger partial charge in [0.1, 0.15) is 0 Å². The molecule has 2 aromatic rings. The fraction of sp³-hybridized carbons (Fsp3) is 0.200. The summed E-state index contributed by atoms with van der Waals surface area (Å²) in [6, 6.07) is 13.1. The standard InChI is InChI=1S/C15H16N2O4S2/c1-22-15-8-4-6-13(10-15)16(23(2,20)21)11-12-5-3-7-14(9-12)17(18)19/h3-10H,11H2,1-2H3. The lowest BCUT2D eigenvalue weighted by Crippen LogP contribution is -2.29. The monoisotopic (exact) mass is 352 g/mol. The molecule has 0 saturated heterocycles. The van der Waals surface area contributed by atoms with Crippen LogP contribution in [0, 0.1) is 10.1 Å². The predicted molar refractivity (Wildman–Crippen MR) is 92.3 cm³/mol. The molecule has 0 amide bonds. The van der Waals surface area contributed by atoms with Gasteiger partial charge in [-0.1, -0.05) is 18.2 Å². The molecule has 0 bridgehead atoms. The molecule has 8 heteroatoms. The van der Waals surface area contributed by atoms with Crippen LogP contribution in [0.3, 0.4) is 0 Å². The van der Waals surface area contributed by atoms with Crippen molar-refractivity contribution in [3.05, 3.63) is 64.2 Å². The van der Waals surface area contributed by atoms with Crippen LogP contribution in [-0.4, -0.2) is 25.9 Å². The molecule has 0 atom stereocenters. The summed E-state index contributed by atoms with van der Waals surface area (Å²) in [7, 11) is -3.52. The van der Waals surface area contributed by atoms with Crippen molar-refractivity contribution >= 4 is 33.2 Å². The minimum absolute atomic E-state index is 0.0400. The lowest BCUT2D eigenvalue weighted by Gasteiger charge is -2.23. The molecule has 0 saturated carbocycles. The number of nitro benzene ring substituents is 1. The van der Waals surface area contributed by atoms with Gasteiger partial charge in [-0.15, -0.1) is 11.8 Å². The molecule has 0 aliphatic rings. The number of hydrogen-bond donors (Lipinski definition) is 0. The van der Waals surface area contributed by atoms with E-state index in [9.17, 15) is 18.5 Å². The van der Waals surface area contributed by atoms with Crippen LogP contribution in [0.2, 0.25) is 0 Å². The number of benzene rings is 2. The van der Waals surface area contributed by atoms with E-state index >= 15 is 0 Å². The maximum absolute atomic E-state index is 12.1. The number of hydrogen-bond acceptors (Lipinski definition) is 5. The van der Waals surface area contributed by atoms with E-state index in [1.807, 2.05) is 12.3 Å². The molecule has 0 fully saturated rings. The molecule has 0 aliphatic carbocycles. The maximum Gasteiger partial charge on any atom is 0.269 e. The van der Waals surface area contributed by atoms with Gasteiger partial charge in [0.05, 0.1) is 23.4 Å². The van der Waals surface area contributed by atoms with Crippen LogP contribution in [0.15, 0.2) is 53.4 Å². The molecular weight excluding hydrogens is 336 g/mol. The highest BCUT2D eigenvalue weighted by Gasteiger charge is 2.19. The van der Waals surface area contributed by atoms with Gasteiger partial charge in [0.25, 0.3) is 5.69 Å². The van der Waals surface area contributed by atoms with Crippen LogP contribution < -0.4 is 4.31 Å². The van der Waals surface area contributed by atoms with E-state index in [1.165, 1.54) is 28.2 Å². The van der Waals surface area contributed by atoms with E-state index in [1.54, 1.807) is 30.3 Å². The highest BCUT2D eigenvalue weighted by atomic mass is 32.2. The quantitative estimate of drug-likeness (QED) is 0.453. The van der Waals surface area contributed by atoms with Gasteiger partial charge in [0.2, 0.25) is 10.0 Å². The van der Waals surface area contributed by atoms with Crippen LogP contribution in [0.5, 0.6) is 0 Å². The molecule has 0 heterocycles. The first-order valence-electron chi connectivity index (χ1n) is 6.66. The second-order valence-electron chi connectivity index (χ2n) is 4.90. The Hall–Kier alpha value is -2.06. The Morgan fingerprint density at radius 3 is 2.48 bits per heavy atom. The van der Waals surface area contributed by atoms with Crippen LogP contribution in [-0.2, 0) is 16.6 Å². The highest BCUT2D eigenvalue weighted by molar-refractivity contribution is 7.98. The van der Waals surface area contributed by atoms with Crippen molar-refractivity contribution in [2.45, 2.75) is 11.4 Å². The van der Waals surface area contributed by atoms with Crippen LogP contribution >= 0.6 is 11.8 Å². The summed E-state index contributed by atoms with van der Waals surface area (Å²) in [5, 5.41) is 10.9. The number of non-ortho nitro benzene ring substituents is 1. The molecule has 23 heavy (non-hydrogen) atoms. The molecule has 0 aromatic heterocycles. The van der Waals surface area contributed by atoms with Gasteiger partial charge in [-0.3, -0.25) is 14.4 Å².